The van der Waals surface area contributed by atoms with Crippen molar-refractivity contribution in [1.82, 2.24) is 9.97 Å². The summed E-state index contributed by atoms with van der Waals surface area (Å²) in [6, 6.07) is 20.6. The molecule has 1 unspecified atom stereocenters. The van der Waals surface area contributed by atoms with E-state index in [0.29, 0.717) is 5.95 Å². The molecule has 28 heavy (non-hydrogen) atoms. The van der Waals surface area contributed by atoms with Crippen molar-refractivity contribution in [2.24, 2.45) is 0 Å². The lowest BCUT2D eigenvalue weighted by atomic mass is 10.1. The fraction of sp³-hybridized carbons (Fsp3) is 0.304. The van der Waals surface area contributed by atoms with E-state index in [4.69, 9.17) is 9.72 Å². The van der Waals surface area contributed by atoms with E-state index in [2.05, 4.69) is 58.9 Å². The first-order valence-electron chi connectivity index (χ1n) is 9.96. The van der Waals surface area contributed by atoms with Gasteiger partial charge in [0.2, 0.25) is 5.95 Å². The highest BCUT2D eigenvalue weighted by Crippen LogP contribution is 2.24. The second kappa shape index (κ2) is 8.85. The summed E-state index contributed by atoms with van der Waals surface area (Å²) >= 11 is 0. The molecule has 5 nitrogen and oxygen atoms in total. The van der Waals surface area contributed by atoms with Crippen LogP contribution in [-0.2, 0) is 11.2 Å². The minimum atomic E-state index is 0.238. The molecule has 0 spiro atoms. The predicted octanol–water partition coefficient (Wildman–Crippen LogP) is 5.04. The van der Waals surface area contributed by atoms with Crippen LogP contribution in [0.5, 0.6) is 0 Å². The summed E-state index contributed by atoms with van der Waals surface area (Å²) in [6.45, 7) is 3.73. The van der Waals surface area contributed by atoms with E-state index in [1.165, 1.54) is 5.56 Å². The lowest BCUT2D eigenvalue weighted by Gasteiger charge is -2.14. The van der Waals surface area contributed by atoms with Gasteiger partial charge in [-0.2, -0.15) is 4.98 Å². The molecule has 5 heteroatoms. The zero-order valence-corrected chi connectivity index (χ0v) is 16.2. The Morgan fingerprint density at radius 2 is 1.86 bits per heavy atom. The van der Waals surface area contributed by atoms with Crippen LogP contribution in [0, 0.1) is 0 Å². The fourth-order valence-corrected chi connectivity index (χ4v) is 3.33. The van der Waals surface area contributed by atoms with Gasteiger partial charge >= 0.3 is 0 Å². The largest absolute Gasteiger partial charge is 0.376 e. The molecule has 1 fully saturated rings. The van der Waals surface area contributed by atoms with Crippen LogP contribution in [0.1, 0.15) is 25.3 Å². The van der Waals surface area contributed by atoms with Gasteiger partial charge in [-0.25, -0.2) is 4.98 Å². The van der Waals surface area contributed by atoms with E-state index in [1.807, 2.05) is 24.3 Å². The Hall–Kier alpha value is -2.92. The summed E-state index contributed by atoms with van der Waals surface area (Å²) < 4.78 is 5.70. The van der Waals surface area contributed by atoms with Crippen molar-refractivity contribution in [2.45, 2.75) is 32.3 Å². The van der Waals surface area contributed by atoms with Crippen molar-refractivity contribution >= 4 is 17.5 Å². The van der Waals surface area contributed by atoms with Crippen LogP contribution in [0.2, 0.25) is 0 Å². The smallest absolute Gasteiger partial charge is 0.225 e. The summed E-state index contributed by atoms with van der Waals surface area (Å²) in [5.41, 5.74) is 4.28. The zero-order chi connectivity index (χ0) is 19.2. The first kappa shape index (κ1) is 18.4. The molecule has 0 saturated carbocycles. The molecule has 0 radical (unpaired) electrons. The highest BCUT2D eigenvalue weighted by atomic mass is 16.5. The van der Waals surface area contributed by atoms with Crippen LogP contribution in [0.4, 0.5) is 17.5 Å². The van der Waals surface area contributed by atoms with Gasteiger partial charge in [-0.15, -0.1) is 0 Å². The summed E-state index contributed by atoms with van der Waals surface area (Å²) in [7, 11) is 0. The number of rotatable bonds is 7. The number of nitrogens with one attached hydrogen (secondary N) is 2. The van der Waals surface area contributed by atoms with E-state index >= 15 is 0 Å². The number of anilines is 3. The number of aryl methyl sites for hydroxylation is 1. The molecule has 1 aliphatic heterocycles. The predicted molar refractivity (Wildman–Crippen MR) is 114 cm³/mol. The van der Waals surface area contributed by atoms with Crippen molar-refractivity contribution in [3.63, 3.8) is 0 Å². The van der Waals surface area contributed by atoms with Crippen molar-refractivity contribution in [1.29, 1.82) is 0 Å². The molecule has 1 aliphatic rings. The second-order valence-corrected chi connectivity index (χ2v) is 7.02. The maximum absolute atomic E-state index is 5.70. The van der Waals surface area contributed by atoms with Crippen molar-refractivity contribution in [3.8, 4) is 11.3 Å². The standard InChI is InChI=1S/C23H26N4O/c1-2-17-10-12-19(13-11-17)25-22-15-21(18-7-4-3-5-8-18)26-23(27-22)24-16-20-9-6-14-28-20/h3-5,7-8,10-13,15,20H,2,6,9,14,16H2,1H3,(H2,24,25,26,27). The minimum absolute atomic E-state index is 0.238. The average Bonchev–Trinajstić information content (AvgIpc) is 3.27. The van der Waals surface area contributed by atoms with Gasteiger partial charge in [0, 0.05) is 30.5 Å². The molecule has 2 heterocycles. The van der Waals surface area contributed by atoms with Gasteiger partial charge in [-0.05, 0) is 37.0 Å². The molecule has 1 saturated heterocycles. The number of aromatic nitrogens is 2. The minimum Gasteiger partial charge on any atom is -0.376 e. The molecule has 144 valence electrons. The summed E-state index contributed by atoms with van der Waals surface area (Å²) in [4.78, 5) is 9.38. The highest BCUT2D eigenvalue weighted by Gasteiger charge is 2.16. The molecule has 4 rings (SSSR count). The highest BCUT2D eigenvalue weighted by molar-refractivity contribution is 5.67. The Morgan fingerprint density at radius 1 is 1.04 bits per heavy atom. The molecule has 0 aliphatic carbocycles. The third kappa shape index (κ3) is 4.67. The van der Waals surface area contributed by atoms with Crippen LogP contribution in [-0.4, -0.2) is 29.2 Å². The quantitative estimate of drug-likeness (QED) is 0.607. The number of hydrogen-bond donors (Lipinski definition) is 2. The Bertz CT molecular complexity index is 890. The molecular weight excluding hydrogens is 348 g/mol. The van der Waals surface area contributed by atoms with Gasteiger partial charge in [0.15, 0.2) is 0 Å². The third-order valence-corrected chi connectivity index (χ3v) is 4.94. The van der Waals surface area contributed by atoms with E-state index in [0.717, 1.165) is 55.2 Å². The van der Waals surface area contributed by atoms with Crippen LogP contribution >= 0.6 is 0 Å². The molecule has 1 atom stereocenters. The fourth-order valence-electron chi connectivity index (χ4n) is 3.33. The molecule has 0 bridgehead atoms. The Labute approximate surface area is 166 Å². The first-order valence-corrected chi connectivity index (χ1v) is 9.96. The van der Waals surface area contributed by atoms with Crippen LogP contribution in [0.25, 0.3) is 11.3 Å². The molecule has 2 aromatic carbocycles. The first-order chi connectivity index (χ1) is 13.8. The maximum atomic E-state index is 5.70. The van der Waals surface area contributed by atoms with Crippen molar-refractivity contribution in [2.75, 3.05) is 23.8 Å². The zero-order valence-electron chi connectivity index (χ0n) is 16.2. The normalized spacial score (nSPS) is 16.1. The number of hydrogen-bond acceptors (Lipinski definition) is 5. The average molecular weight is 374 g/mol. The van der Waals surface area contributed by atoms with Crippen LogP contribution < -0.4 is 10.6 Å². The summed E-state index contributed by atoms with van der Waals surface area (Å²) in [5, 5.41) is 6.77. The topological polar surface area (TPSA) is 59.1 Å². The van der Waals surface area contributed by atoms with Gasteiger partial charge in [0.05, 0.1) is 11.8 Å². The number of benzene rings is 2. The molecule has 2 N–H and O–H groups in total. The van der Waals surface area contributed by atoms with E-state index in [9.17, 15) is 0 Å². The van der Waals surface area contributed by atoms with Gasteiger partial charge in [0.25, 0.3) is 0 Å². The van der Waals surface area contributed by atoms with Crippen molar-refractivity contribution < 1.29 is 4.74 Å². The van der Waals surface area contributed by atoms with Gasteiger partial charge in [-0.3, -0.25) is 0 Å². The van der Waals surface area contributed by atoms with Crippen LogP contribution in [0.3, 0.4) is 0 Å². The summed E-state index contributed by atoms with van der Waals surface area (Å²) in [5.74, 6) is 1.39. The van der Waals surface area contributed by atoms with E-state index in [1.54, 1.807) is 0 Å². The summed E-state index contributed by atoms with van der Waals surface area (Å²) in [6.07, 6.45) is 3.48. The number of nitrogens with zero attached hydrogens (tertiary/aromatic N) is 2. The maximum Gasteiger partial charge on any atom is 0.225 e. The molecule has 3 aromatic rings. The monoisotopic (exact) mass is 374 g/mol. The van der Waals surface area contributed by atoms with Crippen molar-refractivity contribution in [3.05, 3.63) is 66.2 Å². The molecule has 1 aromatic heterocycles. The second-order valence-electron chi connectivity index (χ2n) is 7.02. The lowest BCUT2D eigenvalue weighted by Crippen LogP contribution is -2.20. The third-order valence-electron chi connectivity index (χ3n) is 4.94. The SMILES string of the molecule is CCc1ccc(Nc2cc(-c3ccccc3)nc(NCC3CCCO3)n2)cc1. The molecule has 0 amide bonds. The van der Waals surface area contributed by atoms with Crippen LogP contribution in [0.15, 0.2) is 60.7 Å². The Balaban J connectivity index is 1.58. The molecular formula is C23H26N4O. The van der Waals surface area contributed by atoms with E-state index in [-0.39, 0.29) is 6.10 Å². The Kier molecular flexibility index (Phi) is 5.83. The lowest BCUT2D eigenvalue weighted by molar-refractivity contribution is 0.120. The van der Waals surface area contributed by atoms with E-state index < -0.39 is 0 Å². The number of ether oxygens (including phenoxy) is 1. The van der Waals surface area contributed by atoms with Gasteiger partial charge < -0.3 is 15.4 Å². The Morgan fingerprint density at radius 3 is 2.57 bits per heavy atom. The van der Waals surface area contributed by atoms with Gasteiger partial charge in [0.1, 0.15) is 5.82 Å². The van der Waals surface area contributed by atoms with Gasteiger partial charge in [-0.1, -0.05) is 49.4 Å².